The van der Waals surface area contributed by atoms with E-state index in [2.05, 4.69) is 5.32 Å². The standard InChI is InChI=1S/C11H18N2O/c1-13-9-2-4-11(10(13)14)7-12-5-3-8(11)6-9/h8-9,12H,2-7H2,1H3/t8-,9-,11-/m0/s1. The molecular formula is C11H18N2O. The minimum atomic E-state index is -0.0122. The highest BCUT2D eigenvalue weighted by atomic mass is 16.2. The van der Waals surface area contributed by atoms with Crippen LogP contribution in [0.1, 0.15) is 25.7 Å². The van der Waals surface area contributed by atoms with Crippen molar-refractivity contribution < 1.29 is 4.79 Å². The zero-order chi connectivity index (χ0) is 9.76. The average Bonchev–Trinajstić information content (AvgIpc) is 2.24. The molecule has 1 N–H and O–H groups in total. The van der Waals surface area contributed by atoms with E-state index in [0.29, 0.717) is 17.9 Å². The number of piperidine rings is 3. The van der Waals surface area contributed by atoms with Crippen molar-refractivity contribution in [3.63, 3.8) is 0 Å². The number of nitrogens with zero attached hydrogens (tertiary/aromatic N) is 1. The second-order valence-electron chi connectivity index (χ2n) is 5.16. The number of nitrogens with one attached hydrogen (secondary N) is 1. The lowest BCUT2D eigenvalue weighted by molar-refractivity contribution is -0.165. The van der Waals surface area contributed by atoms with Gasteiger partial charge >= 0.3 is 0 Å². The molecule has 0 radical (unpaired) electrons. The molecule has 3 nitrogen and oxygen atoms in total. The van der Waals surface area contributed by atoms with Crippen LogP contribution in [0.3, 0.4) is 0 Å². The van der Waals surface area contributed by atoms with Gasteiger partial charge in [-0.3, -0.25) is 4.79 Å². The maximum absolute atomic E-state index is 12.2. The van der Waals surface area contributed by atoms with Gasteiger partial charge in [0.1, 0.15) is 0 Å². The third-order valence-electron chi connectivity index (χ3n) is 4.67. The normalized spacial score (nSPS) is 46.6. The molecule has 0 aromatic heterocycles. The van der Waals surface area contributed by atoms with Crippen molar-refractivity contribution in [2.45, 2.75) is 31.7 Å². The lowest BCUT2D eigenvalue weighted by Crippen LogP contribution is -2.66. The molecule has 0 aromatic rings. The Balaban J connectivity index is 1.99. The Morgan fingerprint density at radius 3 is 3.21 bits per heavy atom. The predicted molar refractivity (Wildman–Crippen MR) is 53.8 cm³/mol. The quantitative estimate of drug-likeness (QED) is 0.612. The maximum Gasteiger partial charge on any atom is 0.230 e. The lowest BCUT2D eigenvalue weighted by atomic mass is 9.58. The summed E-state index contributed by atoms with van der Waals surface area (Å²) in [5.74, 6) is 1.09. The molecule has 3 aliphatic heterocycles. The minimum absolute atomic E-state index is 0.0122. The van der Waals surface area contributed by atoms with Crippen LogP contribution in [0.5, 0.6) is 0 Å². The Bertz CT molecular complexity index is 274. The summed E-state index contributed by atoms with van der Waals surface area (Å²) in [6.07, 6.45) is 4.80. The number of hydrogen-bond donors (Lipinski definition) is 1. The molecule has 3 saturated heterocycles. The van der Waals surface area contributed by atoms with Crippen LogP contribution in [0.15, 0.2) is 0 Å². The second kappa shape index (κ2) is 2.72. The number of rotatable bonds is 0. The molecule has 0 aromatic carbocycles. The number of amides is 1. The van der Waals surface area contributed by atoms with Crippen molar-refractivity contribution in [3.8, 4) is 0 Å². The Morgan fingerprint density at radius 2 is 2.36 bits per heavy atom. The first-order valence-electron chi connectivity index (χ1n) is 5.72. The summed E-state index contributed by atoms with van der Waals surface area (Å²) in [5, 5.41) is 3.40. The fourth-order valence-corrected chi connectivity index (χ4v) is 3.74. The summed E-state index contributed by atoms with van der Waals surface area (Å²) < 4.78 is 0. The van der Waals surface area contributed by atoms with Crippen molar-refractivity contribution in [2.24, 2.45) is 11.3 Å². The highest BCUT2D eigenvalue weighted by Crippen LogP contribution is 2.51. The van der Waals surface area contributed by atoms with Crippen molar-refractivity contribution in [1.82, 2.24) is 10.2 Å². The Kier molecular flexibility index (Phi) is 1.69. The van der Waals surface area contributed by atoms with Gasteiger partial charge in [0.15, 0.2) is 0 Å². The molecule has 0 unspecified atom stereocenters. The van der Waals surface area contributed by atoms with E-state index in [1.165, 1.54) is 19.3 Å². The number of hydrogen-bond acceptors (Lipinski definition) is 2. The van der Waals surface area contributed by atoms with E-state index in [-0.39, 0.29) is 5.41 Å². The van der Waals surface area contributed by atoms with Gasteiger partial charge in [0, 0.05) is 19.6 Å². The lowest BCUT2D eigenvalue weighted by Gasteiger charge is -2.57. The van der Waals surface area contributed by atoms with Crippen molar-refractivity contribution in [3.05, 3.63) is 0 Å². The SMILES string of the molecule is CN1C(=O)[C@]23CC[C@H]1C[C@@H]2CCNC3. The van der Waals surface area contributed by atoms with Crippen LogP contribution in [-0.4, -0.2) is 37.0 Å². The molecule has 1 aliphatic carbocycles. The summed E-state index contributed by atoms with van der Waals surface area (Å²) in [5.41, 5.74) is -0.0122. The molecule has 14 heavy (non-hydrogen) atoms. The smallest absolute Gasteiger partial charge is 0.230 e. The molecule has 4 fully saturated rings. The molecule has 3 atom stereocenters. The largest absolute Gasteiger partial charge is 0.342 e. The van der Waals surface area contributed by atoms with Crippen LogP contribution in [-0.2, 0) is 4.79 Å². The molecule has 4 aliphatic rings. The van der Waals surface area contributed by atoms with Crippen molar-refractivity contribution >= 4 is 5.91 Å². The van der Waals surface area contributed by atoms with Gasteiger partial charge in [-0.2, -0.15) is 0 Å². The Morgan fingerprint density at radius 1 is 1.50 bits per heavy atom. The van der Waals surface area contributed by atoms with Gasteiger partial charge in [-0.05, 0) is 38.1 Å². The molecule has 1 spiro atoms. The Labute approximate surface area is 84.8 Å². The highest BCUT2D eigenvalue weighted by Gasteiger charge is 2.56. The minimum Gasteiger partial charge on any atom is -0.342 e. The zero-order valence-corrected chi connectivity index (χ0v) is 8.75. The summed E-state index contributed by atoms with van der Waals surface area (Å²) in [7, 11) is 1.98. The summed E-state index contributed by atoms with van der Waals surface area (Å²) in [6.45, 7) is 2.03. The van der Waals surface area contributed by atoms with Gasteiger partial charge < -0.3 is 10.2 Å². The first kappa shape index (κ1) is 8.72. The van der Waals surface area contributed by atoms with Crippen LogP contribution >= 0.6 is 0 Å². The first-order valence-corrected chi connectivity index (χ1v) is 5.72. The summed E-state index contributed by atoms with van der Waals surface area (Å²) in [6, 6.07) is 0.549. The highest BCUT2D eigenvalue weighted by molar-refractivity contribution is 5.85. The van der Waals surface area contributed by atoms with Gasteiger partial charge in [0.25, 0.3) is 0 Å². The Hall–Kier alpha value is -0.570. The second-order valence-corrected chi connectivity index (χ2v) is 5.16. The van der Waals surface area contributed by atoms with Gasteiger partial charge in [0.05, 0.1) is 5.41 Å². The fourth-order valence-electron chi connectivity index (χ4n) is 3.74. The summed E-state index contributed by atoms with van der Waals surface area (Å²) in [4.78, 5) is 14.2. The monoisotopic (exact) mass is 194 g/mol. The van der Waals surface area contributed by atoms with Crippen molar-refractivity contribution in [2.75, 3.05) is 20.1 Å². The van der Waals surface area contributed by atoms with Gasteiger partial charge in [-0.1, -0.05) is 0 Å². The van der Waals surface area contributed by atoms with Crippen LogP contribution in [0.2, 0.25) is 0 Å². The average molecular weight is 194 g/mol. The van der Waals surface area contributed by atoms with Crippen molar-refractivity contribution in [1.29, 1.82) is 0 Å². The van der Waals surface area contributed by atoms with E-state index in [1.54, 1.807) is 0 Å². The van der Waals surface area contributed by atoms with E-state index in [9.17, 15) is 4.79 Å². The number of carbonyl (C=O) groups excluding carboxylic acids is 1. The molecular weight excluding hydrogens is 176 g/mol. The third kappa shape index (κ3) is 0.888. The molecule has 2 bridgehead atoms. The van der Waals surface area contributed by atoms with E-state index < -0.39 is 0 Å². The topological polar surface area (TPSA) is 32.3 Å². The van der Waals surface area contributed by atoms with Crippen LogP contribution in [0.4, 0.5) is 0 Å². The first-order chi connectivity index (χ1) is 6.74. The number of carbonyl (C=O) groups is 1. The summed E-state index contributed by atoms with van der Waals surface area (Å²) >= 11 is 0. The van der Waals surface area contributed by atoms with Gasteiger partial charge in [-0.25, -0.2) is 0 Å². The predicted octanol–water partition coefficient (Wildman–Crippen LogP) is 0.607. The molecule has 78 valence electrons. The maximum atomic E-state index is 12.2. The van der Waals surface area contributed by atoms with Crippen LogP contribution in [0.25, 0.3) is 0 Å². The molecule has 4 rings (SSSR count). The van der Waals surface area contributed by atoms with E-state index >= 15 is 0 Å². The van der Waals surface area contributed by atoms with E-state index in [1.807, 2.05) is 11.9 Å². The van der Waals surface area contributed by atoms with E-state index in [0.717, 1.165) is 19.5 Å². The fraction of sp³-hybridized carbons (Fsp3) is 0.909. The zero-order valence-electron chi connectivity index (χ0n) is 8.75. The van der Waals surface area contributed by atoms with Crippen LogP contribution in [0, 0.1) is 11.3 Å². The van der Waals surface area contributed by atoms with Gasteiger partial charge in [-0.15, -0.1) is 0 Å². The number of fused-ring (bicyclic) bond motifs is 2. The molecule has 3 heterocycles. The third-order valence-corrected chi connectivity index (χ3v) is 4.67. The molecule has 3 heteroatoms. The van der Waals surface area contributed by atoms with Crippen LogP contribution < -0.4 is 5.32 Å². The molecule has 1 saturated carbocycles. The van der Waals surface area contributed by atoms with E-state index in [4.69, 9.17) is 0 Å². The van der Waals surface area contributed by atoms with Gasteiger partial charge in [0.2, 0.25) is 5.91 Å². The molecule has 1 amide bonds.